The van der Waals surface area contributed by atoms with E-state index < -0.39 is 0 Å². The summed E-state index contributed by atoms with van der Waals surface area (Å²) in [6.07, 6.45) is 4.99. The van der Waals surface area contributed by atoms with Crippen LogP contribution in [0.4, 0.5) is 0 Å². The minimum absolute atomic E-state index is 0.818. The molecule has 1 aromatic rings. The molecule has 0 bridgehead atoms. The molecule has 0 amide bonds. The number of benzene rings is 1. The van der Waals surface area contributed by atoms with Gasteiger partial charge in [-0.3, -0.25) is 0 Å². The fourth-order valence-corrected chi connectivity index (χ4v) is 2.13. The number of hydrogen-bond donors (Lipinski definition) is 2. The van der Waals surface area contributed by atoms with Crippen molar-refractivity contribution in [2.75, 3.05) is 13.1 Å². The van der Waals surface area contributed by atoms with Gasteiger partial charge in [-0.25, -0.2) is 0 Å². The Morgan fingerprint density at radius 1 is 1.18 bits per heavy atom. The van der Waals surface area contributed by atoms with Crippen molar-refractivity contribution in [3.05, 3.63) is 35.9 Å². The van der Waals surface area contributed by atoms with Gasteiger partial charge >= 0.3 is 0 Å². The minimum Gasteiger partial charge on any atom is -0.330 e. The van der Waals surface area contributed by atoms with Crippen molar-refractivity contribution in [3.63, 3.8) is 0 Å². The second-order valence-electron chi connectivity index (χ2n) is 4.66. The second kappa shape index (κ2) is 9.20. The van der Waals surface area contributed by atoms with Crippen molar-refractivity contribution in [2.45, 2.75) is 39.2 Å². The van der Waals surface area contributed by atoms with Gasteiger partial charge in [0.1, 0.15) is 0 Å². The molecule has 0 saturated heterocycles. The number of nitrogens with one attached hydrogen (secondary N) is 1. The SMILES string of the molecule is CCC(CCN)CCCNCc1ccccc1. The summed E-state index contributed by atoms with van der Waals surface area (Å²) >= 11 is 0. The van der Waals surface area contributed by atoms with Crippen molar-refractivity contribution in [1.82, 2.24) is 5.32 Å². The van der Waals surface area contributed by atoms with Crippen molar-refractivity contribution < 1.29 is 0 Å². The molecule has 2 nitrogen and oxygen atoms in total. The average Bonchev–Trinajstić information content (AvgIpc) is 2.38. The highest BCUT2D eigenvalue weighted by Crippen LogP contribution is 2.13. The molecule has 0 aliphatic rings. The Bertz CT molecular complexity index is 272. The maximum absolute atomic E-state index is 5.60. The third-order valence-electron chi connectivity index (χ3n) is 3.29. The molecule has 1 rings (SSSR count). The van der Waals surface area contributed by atoms with Crippen molar-refractivity contribution in [2.24, 2.45) is 11.7 Å². The van der Waals surface area contributed by atoms with Crippen molar-refractivity contribution in [1.29, 1.82) is 0 Å². The molecule has 1 atom stereocenters. The van der Waals surface area contributed by atoms with Crippen LogP contribution in [0.2, 0.25) is 0 Å². The van der Waals surface area contributed by atoms with E-state index in [4.69, 9.17) is 5.73 Å². The molecule has 0 aliphatic heterocycles. The molecule has 0 heterocycles. The third kappa shape index (κ3) is 6.44. The molecular formula is C15H26N2. The van der Waals surface area contributed by atoms with E-state index in [-0.39, 0.29) is 0 Å². The molecule has 0 radical (unpaired) electrons. The Balaban J connectivity index is 2.04. The van der Waals surface area contributed by atoms with Crippen molar-refractivity contribution in [3.8, 4) is 0 Å². The van der Waals surface area contributed by atoms with E-state index in [0.29, 0.717) is 0 Å². The summed E-state index contributed by atoms with van der Waals surface area (Å²) < 4.78 is 0. The van der Waals surface area contributed by atoms with Crippen LogP contribution in [0.5, 0.6) is 0 Å². The Labute approximate surface area is 106 Å². The van der Waals surface area contributed by atoms with Crippen LogP contribution in [-0.2, 0) is 6.54 Å². The molecule has 2 heteroatoms. The standard InChI is InChI=1S/C15H26N2/c1-2-14(10-11-16)9-6-12-17-13-15-7-4-3-5-8-15/h3-5,7-8,14,17H,2,6,9-13,16H2,1H3. The first-order valence-electron chi connectivity index (χ1n) is 6.81. The number of rotatable bonds is 9. The Hall–Kier alpha value is -0.860. The summed E-state index contributed by atoms with van der Waals surface area (Å²) in [4.78, 5) is 0. The van der Waals surface area contributed by atoms with Crippen LogP contribution in [0.1, 0.15) is 38.2 Å². The van der Waals surface area contributed by atoms with Crippen LogP contribution in [0, 0.1) is 5.92 Å². The number of nitrogens with two attached hydrogens (primary N) is 1. The van der Waals surface area contributed by atoms with Crippen LogP contribution < -0.4 is 11.1 Å². The lowest BCUT2D eigenvalue weighted by Crippen LogP contribution is -2.16. The predicted octanol–water partition coefficient (Wildman–Crippen LogP) is 2.93. The molecular weight excluding hydrogens is 208 g/mol. The summed E-state index contributed by atoms with van der Waals surface area (Å²) in [5.74, 6) is 0.818. The highest BCUT2D eigenvalue weighted by atomic mass is 14.8. The highest BCUT2D eigenvalue weighted by molar-refractivity contribution is 5.14. The van der Waals surface area contributed by atoms with Crippen molar-refractivity contribution >= 4 is 0 Å². The van der Waals surface area contributed by atoms with E-state index >= 15 is 0 Å². The largest absolute Gasteiger partial charge is 0.330 e. The van der Waals surface area contributed by atoms with Gasteiger partial charge in [0.25, 0.3) is 0 Å². The minimum atomic E-state index is 0.818. The van der Waals surface area contributed by atoms with Gasteiger partial charge in [0, 0.05) is 6.54 Å². The highest BCUT2D eigenvalue weighted by Gasteiger charge is 2.04. The molecule has 17 heavy (non-hydrogen) atoms. The molecule has 3 N–H and O–H groups in total. The predicted molar refractivity (Wildman–Crippen MR) is 74.8 cm³/mol. The Kier molecular flexibility index (Phi) is 7.69. The lowest BCUT2D eigenvalue weighted by Gasteiger charge is -2.13. The fourth-order valence-electron chi connectivity index (χ4n) is 2.13. The first-order valence-corrected chi connectivity index (χ1v) is 6.81. The maximum atomic E-state index is 5.60. The lowest BCUT2D eigenvalue weighted by molar-refractivity contribution is 0.422. The smallest absolute Gasteiger partial charge is 0.0205 e. The van der Waals surface area contributed by atoms with E-state index in [2.05, 4.69) is 42.6 Å². The van der Waals surface area contributed by atoms with Crippen LogP contribution in [0.3, 0.4) is 0 Å². The summed E-state index contributed by atoms with van der Waals surface area (Å²) in [6.45, 7) is 5.18. The van der Waals surface area contributed by atoms with Crippen LogP contribution in [-0.4, -0.2) is 13.1 Å². The zero-order valence-electron chi connectivity index (χ0n) is 11.0. The molecule has 0 fully saturated rings. The van der Waals surface area contributed by atoms with Gasteiger partial charge in [0.2, 0.25) is 0 Å². The molecule has 1 unspecified atom stereocenters. The summed E-state index contributed by atoms with van der Waals surface area (Å²) in [7, 11) is 0. The zero-order valence-corrected chi connectivity index (χ0v) is 11.0. The Morgan fingerprint density at radius 3 is 2.59 bits per heavy atom. The topological polar surface area (TPSA) is 38.0 Å². The van der Waals surface area contributed by atoms with E-state index in [9.17, 15) is 0 Å². The molecule has 0 aromatic heterocycles. The Morgan fingerprint density at radius 2 is 1.94 bits per heavy atom. The molecule has 0 spiro atoms. The quantitative estimate of drug-likeness (QED) is 0.645. The molecule has 1 aromatic carbocycles. The van der Waals surface area contributed by atoms with E-state index in [1.54, 1.807) is 0 Å². The normalized spacial score (nSPS) is 12.6. The van der Waals surface area contributed by atoms with Crippen LogP contribution >= 0.6 is 0 Å². The van der Waals surface area contributed by atoms with Gasteiger partial charge in [-0.15, -0.1) is 0 Å². The van der Waals surface area contributed by atoms with Crippen LogP contribution in [0.15, 0.2) is 30.3 Å². The summed E-state index contributed by atoms with van der Waals surface area (Å²) in [6, 6.07) is 10.6. The summed E-state index contributed by atoms with van der Waals surface area (Å²) in [5, 5.41) is 3.49. The van der Waals surface area contributed by atoms with Gasteiger partial charge in [0.15, 0.2) is 0 Å². The van der Waals surface area contributed by atoms with E-state index in [0.717, 1.165) is 25.6 Å². The van der Waals surface area contributed by atoms with Gasteiger partial charge in [-0.05, 0) is 43.8 Å². The zero-order chi connectivity index (χ0) is 12.3. The lowest BCUT2D eigenvalue weighted by atomic mass is 9.97. The third-order valence-corrected chi connectivity index (χ3v) is 3.29. The van der Waals surface area contributed by atoms with E-state index in [1.807, 2.05) is 0 Å². The molecule has 0 aliphatic carbocycles. The monoisotopic (exact) mass is 234 g/mol. The van der Waals surface area contributed by atoms with Gasteiger partial charge < -0.3 is 11.1 Å². The maximum Gasteiger partial charge on any atom is 0.0205 e. The first kappa shape index (κ1) is 14.2. The van der Waals surface area contributed by atoms with Gasteiger partial charge in [-0.2, -0.15) is 0 Å². The van der Waals surface area contributed by atoms with Gasteiger partial charge in [0.05, 0.1) is 0 Å². The second-order valence-corrected chi connectivity index (χ2v) is 4.66. The van der Waals surface area contributed by atoms with E-state index in [1.165, 1.54) is 31.2 Å². The average molecular weight is 234 g/mol. The van der Waals surface area contributed by atoms with Crippen LogP contribution in [0.25, 0.3) is 0 Å². The molecule has 0 saturated carbocycles. The first-order chi connectivity index (χ1) is 8.36. The molecule has 96 valence electrons. The fraction of sp³-hybridized carbons (Fsp3) is 0.600. The van der Waals surface area contributed by atoms with Gasteiger partial charge in [-0.1, -0.05) is 43.7 Å². The number of hydrogen-bond acceptors (Lipinski definition) is 2. The summed E-state index contributed by atoms with van der Waals surface area (Å²) in [5.41, 5.74) is 6.96.